The van der Waals surface area contributed by atoms with Gasteiger partial charge in [-0.3, -0.25) is 4.79 Å². The molecule has 0 aromatic heterocycles. The van der Waals surface area contributed by atoms with Crippen molar-refractivity contribution in [2.45, 2.75) is 58.8 Å². The van der Waals surface area contributed by atoms with Crippen molar-refractivity contribution in [3.8, 4) is 0 Å². The molecular weight excluding hydrogens is 172 g/mol. The topological polar surface area (TPSA) is 17.1 Å². The standard InChI is InChI=1S/C13H22O/c1-13(2)9-5-8-11(13)12(14)10-6-3-4-7-10/h10-11H,3-9H2,1-2H3. The van der Waals surface area contributed by atoms with E-state index in [1.807, 2.05) is 0 Å². The molecule has 1 nitrogen and oxygen atoms in total. The maximum atomic E-state index is 12.3. The first kappa shape index (κ1) is 10.2. The van der Waals surface area contributed by atoms with Crippen LogP contribution < -0.4 is 0 Å². The zero-order valence-corrected chi connectivity index (χ0v) is 9.51. The Balaban J connectivity index is 2.03. The first-order chi connectivity index (χ1) is 6.61. The molecule has 2 saturated carbocycles. The summed E-state index contributed by atoms with van der Waals surface area (Å²) in [6.07, 6.45) is 8.57. The molecule has 0 saturated heterocycles. The third-order valence-electron chi connectivity index (χ3n) is 4.36. The Bertz CT molecular complexity index is 223. The van der Waals surface area contributed by atoms with Crippen molar-refractivity contribution >= 4 is 5.78 Å². The van der Waals surface area contributed by atoms with E-state index in [0.29, 0.717) is 23.0 Å². The van der Waals surface area contributed by atoms with E-state index in [0.717, 1.165) is 6.42 Å². The van der Waals surface area contributed by atoms with Gasteiger partial charge in [0, 0.05) is 11.8 Å². The zero-order valence-electron chi connectivity index (χ0n) is 9.51. The fourth-order valence-corrected chi connectivity index (χ4v) is 3.35. The average Bonchev–Trinajstić information content (AvgIpc) is 2.71. The van der Waals surface area contributed by atoms with Crippen molar-refractivity contribution in [3.63, 3.8) is 0 Å². The van der Waals surface area contributed by atoms with E-state index in [-0.39, 0.29) is 0 Å². The smallest absolute Gasteiger partial charge is 0.139 e. The van der Waals surface area contributed by atoms with Gasteiger partial charge in [-0.25, -0.2) is 0 Å². The number of rotatable bonds is 2. The number of carbonyl (C=O) groups is 1. The lowest BCUT2D eigenvalue weighted by Gasteiger charge is -2.27. The SMILES string of the molecule is CC1(C)CCCC1C(=O)C1CCCC1. The van der Waals surface area contributed by atoms with Crippen LogP contribution in [0.3, 0.4) is 0 Å². The third-order valence-corrected chi connectivity index (χ3v) is 4.36. The van der Waals surface area contributed by atoms with E-state index in [4.69, 9.17) is 0 Å². The van der Waals surface area contributed by atoms with Crippen molar-refractivity contribution in [3.05, 3.63) is 0 Å². The van der Waals surface area contributed by atoms with Crippen LogP contribution in [0, 0.1) is 17.3 Å². The second-order valence-electron chi connectivity index (χ2n) is 5.82. The lowest BCUT2D eigenvalue weighted by Crippen LogP contribution is -2.30. The van der Waals surface area contributed by atoms with Gasteiger partial charge >= 0.3 is 0 Å². The fraction of sp³-hybridized carbons (Fsp3) is 0.923. The van der Waals surface area contributed by atoms with Crippen LogP contribution in [0.5, 0.6) is 0 Å². The molecule has 1 unspecified atom stereocenters. The molecule has 0 spiro atoms. The second-order valence-corrected chi connectivity index (χ2v) is 5.82. The van der Waals surface area contributed by atoms with Crippen LogP contribution in [0.2, 0.25) is 0 Å². The van der Waals surface area contributed by atoms with E-state index in [2.05, 4.69) is 13.8 Å². The molecule has 0 amide bonds. The normalized spacial score (nSPS) is 32.3. The van der Waals surface area contributed by atoms with E-state index >= 15 is 0 Å². The van der Waals surface area contributed by atoms with Gasteiger partial charge in [0.15, 0.2) is 0 Å². The van der Waals surface area contributed by atoms with Crippen LogP contribution in [0.15, 0.2) is 0 Å². The molecule has 14 heavy (non-hydrogen) atoms. The van der Waals surface area contributed by atoms with Crippen LogP contribution in [0.4, 0.5) is 0 Å². The van der Waals surface area contributed by atoms with Gasteiger partial charge in [-0.2, -0.15) is 0 Å². The van der Waals surface area contributed by atoms with Crippen LogP contribution in [0.25, 0.3) is 0 Å². The van der Waals surface area contributed by atoms with Gasteiger partial charge < -0.3 is 0 Å². The number of carbonyl (C=O) groups excluding carboxylic acids is 1. The summed E-state index contributed by atoms with van der Waals surface area (Å²) in [7, 11) is 0. The van der Waals surface area contributed by atoms with Gasteiger partial charge in [0.1, 0.15) is 5.78 Å². The maximum Gasteiger partial charge on any atom is 0.139 e. The molecule has 0 aromatic carbocycles. The van der Waals surface area contributed by atoms with Crippen LogP contribution in [0.1, 0.15) is 58.8 Å². The quantitative estimate of drug-likeness (QED) is 0.656. The zero-order chi connectivity index (χ0) is 10.2. The molecule has 0 bridgehead atoms. The molecule has 0 N–H and O–H groups in total. The Morgan fingerprint density at radius 2 is 1.71 bits per heavy atom. The molecule has 2 rings (SSSR count). The molecule has 2 aliphatic rings. The number of Topliss-reactive ketones (excluding diaryl/α,β-unsaturated/α-hetero) is 1. The number of hydrogen-bond acceptors (Lipinski definition) is 1. The molecule has 1 atom stereocenters. The molecule has 0 aromatic rings. The first-order valence-corrected chi connectivity index (χ1v) is 6.15. The summed E-state index contributed by atoms with van der Waals surface area (Å²) in [5.41, 5.74) is 0.291. The maximum absolute atomic E-state index is 12.3. The highest BCUT2D eigenvalue weighted by Crippen LogP contribution is 2.45. The summed E-state index contributed by atoms with van der Waals surface area (Å²) in [6, 6.07) is 0. The molecule has 2 aliphatic carbocycles. The first-order valence-electron chi connectivity index (χ1n) is 6.15. The summed E-state index contributed by atoms with van der Waals surface area (Å²) in [5, 5.41) is 0. The molecule has 2 fully saturated rings. The van der Waals surface area contributed by atoms with Crippen molar-refractivity contribution in [2.24, 2.45) is 17.3 Å². The van der Waals surface area contributed by atoms with Crippen molar-refractivity contribution < 1.29 is 4.79 Å². The van der Waals surface area contributed by atoms with E-state index in [1.54, 1.807) is 0 Å². The van der Waals surface area contributed by atoms with Gasteiger partial charge in [-0.05, 0) is 31.1 Å². The van der Waals surface area contributed by atoms with E-state index < -0.39 is 0 Å². The van der Waals surface area contributed by atoms with Gasteiger partial charge in [0.2, 0.25) is 0 Å². The van der Waals surface area contributed by atoms with Gasteiger partial charge in [-0.1, -0.05) is 33.1 Å². The second kappa shape index (κ2) is 3.67. The van der Waals surface area contributed by atoms with Crippen LogP contribution >= 0.6 is 0 Å². The number of hydrogen-bond donors (Lipinski definition) is 0. The Kier molecular flexibility index (Phi) is 2.68. The molecule has 80 valence electrons. The van der Waals surface area contributed by atoms with Gasteiger partial charge in [0.05, 0.1) is 0 Å². The van der Waals surface area contributed by atoms with Crippen LogP contribution in [-0.4, -0.2) is 5.78 Å². The summed E-state index contributed by atoms with van der Waals surface area (Å²) in [4.78, 5) is 12.3. The van der Waals surface area contributed by atoms with Gasteiger partial charge in [-0.15, -0.1) is 0 Å². The minimum atomic E-state index is 0.291. The molecule has 0 heterocycles. The Morgan fingerprint density at radius 1 is 1.07 bits per heavy atom. The average molecular weight is 194 g/mol. The highest BCUT2D eigenvalue weighted by Gasteiger charge is 2.41. The van der Waals surface area contributed by atoms with E-state index in [1.165, 1.54) is 38.5 Å². The molecule has 1 heteroatoms. The fourth-order valence-electron chi connectivity index (χ4n) is 3.35. The molecule has 0 aliphatic heterocycles. The van der Waals surface area contributed by atoms with Crippen LogP contribution in [-0.2, 0) is 4.79 Å². The Morgan fingerprint density at radius 3 is 2.21 bits per heavy atom. The monoisotopic (exact) mass is 194 g/mol. The summed E-state index contributed by atoms with van der Waals surface area (Å²) >= 11 is 0. The minimum Gasteiger partial charge on any atom is -0.299 e. The molecular formula is C13H22O. The van der Waals surface area contributed by atoms with Crippen molar-refractivity contribution in [1.29, 1.82) is 0 Å². The van der Waals surface area contributed by atoms with Gasteiger partial charge in [0.25, 0.3) is 0 Å². The predicted molar refractivity (Wildman–Crippen MR) is 58.1 cm³/mol. The lowest BCUT2D eigenvalue weighted by molar-refractivity contribution is -0.129. The Labute approximate surface area is 87.3 Å². The highest BCUT2D eigenvalue weighted by molar-refractivity contribution is 5.84. The highest BCUT2D eigenvalue weighted by atomic mass is 16.1. The third kappa shape index (κ3) is 1.74. The summed E-state index contributed by atoms with van der Waals surface area (Å²) in [5.74, 6) is 1.41. The van der Waals surface area contributed by atoms with Crippen molar-refractivity contribution in [1.82, 2.24) is 0 Å². The molecule has 0 radical (unpaired) electrons. The number of ketones is 1. The van der Waals surface area contributed by atoms with Crippen molar-refractivity contribution in [2.75, 3.05) is 0 Å². The summed E-state index contributed by atoms with van der Waals surface area (Å²) < 4.78 is 0. The Hall–Kier alpha value is -0.330. The summed E-state index contributed by atoms with van der Waals surface area (Å²) in [6.45, 7) is 4.55. The minimum absolute atomic E-state index is 0.291. The van der Waals surface area contributed by atoms with E-state index in [9.17, 15) is 4.79 Å². The predicted octanol–water partition coefficient (Wildman–Crippen LogP) is 3.57. The largest absolute Gasteiger partial charge is 0.299 e. The lowest BCUT2D eigenvalue weighted by atomic mass is 9.76.